The Morgan fingerprint density at radius 1 is 0.923 bits per heavy atom. The molecular weight excluding hydrogens is 405 g/mol. The van der Waals surface area contributed by atoms with E-state index >= 15 is 0 Å². The molecule has 0 saturated carbocycles. The average Bonchev–Trinajstić information content (AvgIpc) is 2.62. The fourth-order valence-electron chi connectivity index (χ4n) is 1.98. The number of hydrogen-bond acceptors (Lipinski definition) is 5. The zero-order valence-corrected chi connectivity index (χ0v) is 16.0. The Kier molecular flexibility index (Phi) is 6.97. The van der Waals surface area contributed by atoms with E-state index < -0.39 is 18.5 Å². The number of carbonyl (C=O) groups excluding carboxylic acids is 2. The van der Waals surface area contributed by atoms with Crippen molar-refractivity contribution in [3.63, 3.8) is 0 Å². The first kappa shape index (κ1) is 20.2. The van der Waals surface area contributed by atoms with E-state index in [-0.39, 0.29) is 15.6 Å². The first-order chi connectivity index (χ1) is 12.3. The fraction of sp³-hybridized carbons (Fsp3) is 0.176. The molecule has 9 heteroatoms. The van der Waals surface area contributed by atoms with Crippen molar-refractivity contribution in [2.45, 2.75) is 0 Å². The molecule has 0 fully saturated rings. The van der Waals surface area contributed by atoms with Gasteiger partial charge in [0, 0.05) is 6.07 Å². The molecule has 0 unspecified atom stereocenters. The summed E-state index contributed by atoms with van der Waals surface area (Å²) in [5.74, 6) is -0.542. The Balaban J connectivity index is 2.01. The van der Waals surface area contributed by atoms with Crippen LogP contribution in [0.5, 0.6) is 11.5 Å². The number of nitrogens with one attached hydrogen (secondary N) is 1. The molecule has 2 aromatic carbocycles. The predicted octanol–water partition coefficient (Wildman–Crippen LogP) is 4.46. The third-order valence-electron chi connectivity index (χ3n) is 3.24. The van der Waals surface area contributed by atoms with E-state index in [2.05, 4.69) is 5.32 Å². The Morgan fingerprint density at radius 3 is 2.23 bits per heavy atom. The van der Waals surface area contributed by atoms with E-state index in [0.717, 1.165) is 0 Å². The van der Waals surface area contributed by atoms with Crippen molar-refractivity contribution < 1.29 is 23.8 Å². The molecule has 0 saturated heterocycles. The number of rotatable bonds is 6. The summed E-state index contributed by atoms with van der Waals surface area (Å²) in [4.78, 5) is 24.0. The zero-order valence-electron chi connectivity index (χ0n) is 13.8. The molecule has 138 valence electrons. The van der Waals surface area contributed by atoms with Crippen LogP contribution in [0.1, 0.15) is 10.4 Å². The second-order valence-electron chi connectivity index (χ2n) is 4.94. The molecule has 0 aliphatic rings. The van der Waals surface area contributed by atoms with Gasteiger partial charge in [0.05, 0.1) is 40.5 Å². The standard InChI is InChI=1S/C17H14Cl3NO5/c1-24-14-7-15(25-2)13(6-12(14)20)21-16(22)8-26-17(23)9-3-4-10(18)11(19)5-9/h3-7H,8H2,1-2H3,(H,21,22). The van der Waals surface area contributed by atoms with E-state index in [1.54, 1.807) is 0 Å². The zero-order chi connectivity index (χ0) is 19.3. The smallest absolute Gasteiger partial charge is 0.338 e. The van der Waals surface area contributed by atoms with E-state index in [1.807, 2.05) is 0 Å². The number of methoxy groups -OCH3 is 2. The minimum atomic E-state index is -0.710. The second-order valence-corrected chi connectivity index (χ2v) is 6.16. The van der Waals surface area contributed by atoms with E-state index in [4.69, 9.17) is 49.0 Å². The Hall–Kier alpha value is -2.15. The summed E-state index contributed by atoms with van der Waals surface area (Å²) in [5.41, 5.74) is 0.492. The lowest BCUT2D eigenvalue weighted by molar-refractivity contribution is -0.119. The summed E-state index contributed by atoms with van der Waals surface area (Å²) in [7, 11) is 2.89. The van der Waals surface area contributed by atoms with Gasteiger partial charge in [0.15, 0.2) is 6.61 Å². The van der Waals surface area contributed by atoms with Crippen LogP contribution in [0.25, 0.3) is 0 Å². The predicted molar refractivity (Wildman–Crippen MR) is 99.9 cm³/mol. The van der Waals surface area contributed by atoms with Crippen molar-refractivity contribution in [3.05, 3.63) is 51.0 Å². The van der Waals surface area contributed by atoms with Crippen LogP contribution in [0, 0.1) is 0 Å². The van der Waals surface area contributed by atoms with Gasteiger partial charge < -0.3 is 19.5 Å². The Labute approximate surface area is 164 Å². The van der Waals surface area contributed by atoms with Crippen LogP contribution < -0.4 is 14.8 Å². The van der Waals surface area contributed by atoms with Crippen LogP contribution >= 0.6 is 34.8 Å². The summed E-state index contributed by atoms with van der Waals surface area (Å²) < 4.78 is 15.2. The molecular formula is C17H14Cl3NO5. The van der Waals surface area contributed by atoms with Gasteiger partial charge in [0.2, 0.25) is 0 Å². The number of hydrogen-bond donors (Lipinski definition) is 1. The quantitative estimate of drug-likeness (QED) is 0.701. The summed E-state index contributed by atoms with van der Waals surface area (Å²) in [6, 6.07) is 7.26. The van der Waals surface area contributed by atoms with E-state index in [0.29, 0.717) is 22.2 Å². The lowest BCUT2D eigenvalue weighted by Gasteiger charge is -2.13. The minimum absolute atomic E-state index is 0.178. The molecule has 0 aromatic heterocycles. The summed E-state index contributed by atoms with van der Waals surface area (Å²) in [6.07, 6.45) is 0. The fourth-order valence-corrected chi connectivity index (χ4v) is 2.52. The molecule has 0 atom stereocenters. The van der Waals surface area contributed by atoms with Crippen molar-refractivity contribution in [1.29, 1.82) is 0 Å². The first-order valence-electron chi connectivity index (χ1n) is 7.19. The van der Waals surface area contributed by atoms with Gasteiger partial charge in [-0.25, -0.2) is 4.79 Å². The molecule has 1 N–H and O–H groups in total. The van der Waals surface area contributed by atoms with Gasteiger partial charge in [0.25, 0.3) is 5.91 Å². The first-order valence-corrected chi connectivity index (χ1v) is 8.32. The molecule has 26 heavy (non-hydrogen) atoms. The van der Waals surface area contributed by atoms with Crippen molar-refractivity contribution in [2.24, 2.45) is 0 Å². The number of amides is 1. The van der Waals surface area contributed by atoms with Crippen molar-refractivity contribution in [2.75, 3.05) is 26.1 Å². The van der Waals surface area contributed by atoms with Crippen LogP contribution in [0.2, 0.25) is 15.1 Å². The van der Waals surface area contributed by atoms with Gasteiger partial charge in [-0.05, 0) is 24.3 Å². The molecule has 1 amide bonds. The Morgan fingerprint density at radius 2 is 1.62 bits per heavy atom. The van der Waals surface area contributed by atoms with Crippen molar-refractivity contribution in [1.82, 2.24) is 0 Å². The normalized spacial score (nSPS) is 10.2. The SMILES string of the molecule is COc1cc(OC)c(NC(=O)COC(=O)c2ccc(Cl)c(Cl)c2)cc1Cl. The highest BCUT2D eigenvalue weighted by Crippen LogP contribution is 2.35. The van der Waals surface area contributed by atoms with Gasteiger partial charge in [-0.3, -0.25) is 4.79 Å². The van der Waals surface area contributed by atoms with Gasteiger partial charge >= 0.3 is 5.97 Å². The second kappa shape index (κ2) is 8.98. The minimum Gasteiger partial charge on any atom is -0.495 e. The molecule has 0 radical (unpaired) electrons. The lowest BCUT2D eigenvalue weighted by Crippen LogP contribution is -2.21. The number of carbonyl (C=O) groups is 2. The molecule has 0 bridgehead atoms. The summed E-state index contributed by atoms with van der Waals surface area (Å²) in [5, 5.41) is 3.36. The number of benzene rings is 2. The molecule has 2 aromatic rings. The number of ether oxygens (including phenoxy) is 3. The summed E-state index contributed by atoms with van der Waals surface area (Å²) >= 11 is 17.7. The largest absolute Gasteiger partial charge is 0.495 e. The number of anilines is 1. The highest BCUT2D eigenvalue weighted by atomic mass is 35.5. The molecule has 0 spiro atoms. The molecule has 2 rings (SSSR count). The number of halogens is 3. The van der Waals surface area contributed by atoms with E-state index in [1.165, 1.54) is 44.6 Å². The maximum Gasteiger partial charge on any atom is 0.338 e. The van der Waals surface area contributed by atoms with Crippen molar-refractivity contribution in [3.8, 4) is 11.5 Å². The highest BCUT2D eigenvalue weighted by molar-refractivity contribution is 6.42. The third kappa shape index (κ3) is 4.94. The molecule has 0 aliphatic heterocycles. The number of esters is 1. The van der Waals surface area contributed by atoms with Crippen LogP contribution in [0.4, 0.5) is 5.69 Å². The average molecular weight is 419 g/mol. The third-order valence-corrected chi connectivity index (χ3v) is 4.27. The van der Waals surface area contributed by atoms with Crippen LogP contribution in [0.15, 0.2) is 30.3 Å². The van der Waals surface area contributed by atoms with Crippen LogP contribution in [-0.2, 0) is 9.53 Å². The summed E-state index contributed by atoms with van der Waals surface area (Å²) in [6.45, 7) is -0.508. The lowest BCUT2D eigenvalue weighted by atomic mass is 10.2. The Bertz CT molecular complexity index is 841. The van der Waals surface area contributed by atoms with E-state index in [9.17, 15) is 9.59 Å². The van der Waals surface area contributed by atoms with Crippen LogP contribution in [0.3, 0.4) is 0 Å². The van der Waals surface area contributed by atoms with Crippen molar-refractivity contribution >= 4 is 52.4 Å². The molecule has 0 heterocycles. The van der Waals surface area contributed by atoms with Gasteiger partial charge in [0.1, 0.15) is 11.5 Å². The monoisotopic (exact) mass is 417 g/mol. The maximum absolute atomic E-state index is 12.0. The molecule has 0 aliphatic carbocycles. The highest BCUT2D eigenvalue weighted by Gasteiger charge is 2.15. The van der Waals surface area contributed by atoms with Crippen LogP contribution in [-0.4, -0.2) is 32.7 Å². The maximum atomic E-state index is 12.0. The van der Waals surface area contributed by atoms with Gasteiger partial charge in [-0.15, -0.1) is 0 Å². The topological polar surface area (TPSA) is 73.9 Å². The van der Waals surface area contributed by atoms with Gasteiger partial charge in [-0.2, -0.15) is 0 Å². The van der Waals surface area contributed by atoms with Gasteiger partial charge in [-0.1, -0.05) is 34.8 Å². The molecule has 6 nitrogen and oxygen atoms in total.